The van der Waals surface area contributed by atoms with Crippen LogP contribution in [0.1, 0.15) is 30.1 Å². The van der Waals surface area contributed by atoms with E-state index in [0.717, 1.165) is 25.9 Å². The van der Waals surface area contributed by atoms with Crippen LogP contribution < -0.4 is 9.46 Å². The third-order valence-corrected chi connectivity index (χ3v) is 5.58. The van der Waals surface area contributed by atoms with Crippen LogP contribution in [0.3, 0.4) is 0 Å². The van der Waals surface area contributed by atoms with E-state index in [1.807, 2.05) is 6.92 Å². The van der Waals surface area contributed by atoms with Crippen LogP contribution in [0.25, 0.3) is 0 Å². The predicted molar refractivity (Wildman–Crippen MR) is 100.0 cm³/mol. The van der Waals surface area contributed by atoms with Gasteiger partial charge in [-0.05, 0) is 62.2 Å². The lowest BCUT2D eigenvalue weighted by atomic mass is 10.2. The summed E-state index contributed by atoms with van der Waals surface area (Å²) in [5.41, 5.74) is 0.825. The molecule has 1 amide bonds. The van der Waals surface area contributed by atoms with Gasteiger partial charge < -0.3 is 9.64 Å². The molecule has 1 heterocycles. The zero-order valence-electron chi connectivity index (χ0n) is 14.6. The van der Waals surface area contributed by atoms with Crippen LogP contribution in [-0.2, 0) is 10.0 Å². The van der Waals surface area contributed by atoms with Crippen molar-refractivity contribution in [1.29, 1.82) is 0 Å². The highest BCUT2D eigenvalue weighted by Crippen LogP contribution is 2.21. The van der Waals surface area contributed by atoms with Crippen molar-refractivity contribution in [2.24, 2.45) is 0 Å². The monoisotopic (exact) mass is 374 g/mol. The highest BCUT2D eigenvalue weighted by Gasteiger charge is 2.22. The molecule has 0 aromatic heterocycles. The number of nitrogens with zero attached hydrogens (tertiary/aromatic N) is 1. The molecule has 0 radical (unpaired) electrons. The molecule has 0 atom stereocenters. The average molecular weight is 374 g/mol. The average Bonchev–Trinajstić information content (AvgIpc) is 3.17. The molecule has 1 aliphatic rings. The molecule has 2 aromatic carbocycles. The number of anilines is 1. The van der Waals surface area contributed by atoms with Gasteiger partial charge in [-0.2, -0.15) is 0 Å². The van der Waals surface area contributed by atoms with Gasteiger partial charge in [0.15, 0.2) is 0 Å². The molecule has 2 aromatic rings. The molecule has 6 nitrogen and oxygen atoms in total. The van der Waals surface area contributed by atoms with E-state index in [4.69, 9.17) is 4.74 Å². The van der Waals surface area contributed by atoms with E-state index in [1.54, 1.807) is 41.3 Å². The number of carbonyl (C=O) groups is 1. The van der Waals surface area contributed by atoms with E-state index in [0.29, 0.717) is 23.6 Å². The van der Waals surface area contributed by atoms with Crippen LogP contribution in [0.4, 0.5) is 5.69 Å². The molecule has 26 heavy (non-hydrogen) atoms. The first-order chi connectivity index (χ1) is 12.5. The molecule has 3 rings (SSSR count). The quantitative estimate of drug-likeness (QED) is 0.843. The number of carbonyl (C=O) groups excluding carboxylic acids is 1. The Labute approximate surface area is 153 Å². The number of likely N-dealkylation sites (tertiary alicyclic amines) is 1. The minimum Gasteiger partial charge on any atom is -0.494 e. The summed E-state index contributed by atoms with van der Waals surface area (Å²) in [5.74, 6) is 0.550. The maximum Gasteiger partial charge on any atom is 0.261 e. The minimum atomic E-state index is -3.78. The molecule has 0 spiro atoms. The largest absolute Gasteiger partial charge is 0.494 e. The van der Waals surface area contributed by atoms with Crippen molar-refractivity contribution in [2.45, 2.75) is 24.7 Å². The van der Waals surface area contributed by atoms with Crippen molar-refractivity contribution in [1.82, 2.24) is 4.90 Å². The van der Waals surface area contributed by atoms with Crippen LogP contribution in [0.2, 0.25) is 0 Å². The summed E-state index contributed by atoms with van der Waals surface area (Å²) in [6.45, 7) is 3.87. The maximum atomic E-state index is 12.6. The SMILES string of the molecule is CCOc1ccc(NS(=O)(=O)c2cccc(C(=O)N3CCCC3)c2)cc1. The normalized spacial score (nSPS) is 14.3. The van der Waals surface area contributed by atoms with Crippen molar-refractivity contribution in [3.63, 3.8) is 0 Å². The number of ether oxygens (including phenoxy) is 1. The fraction of sp³-hybridized carbons (Fsp3) is 0.316. The molecule has 7 heteroatoms. The van der Waals surface area contributed by atoms with Gasteiger partial charge in [0.25, 0.3) is 15.9 Å². The van der Waals surface area contributed by atoms with E-state index < -0.39 is 10.0 Å². The summed E-state index contributed by atoms with van der Waals surface area (Å²) < 4.78 is 33.2. The van der Waals surface area contributed by atoms with Gasteiger partial charge in [0, 0.05) is 24.3 Å². The Bertz CT molecular complexity index is 873. The molecule has 0 saturated carbocycles. The topological polar surface area (TPSA) is 75.7 Å². The Balaban J connectivity index is 1.78. The Kier molecular flexibility index (Phi) is 5.46. The second-order valence-electron chi connectivity index (χ2n) is 6.09. The lowest BCUT2D eigenvalue weighted by Crippen LogP contribution is -2.27. The minimum absolute atomic E-state index is 0.0661. The predicted octanol–water partition coefficient (Wildman–Crippen LogP) is 3.12. The van der Waals surface area contributed by atoms with Gasteiger partial charge in [0.2, 0.25) is 0 Å². The summed E-state index contributed by atoms with van der Waals surface area (Å²) in [6, 6.07) is 12.8. The molecule has 0 unspecified atom stereocenters. The van der Waals surface area contributed by atoms with Gasteiger partial charge in [-0.1, -0.05) is 6.07 Å². The van der Waals surface area contributed by atoms with Crippen molar-refractivity contribution in [3.8, 4) is 5.75 Å². The summed E-state index contributed by atoms with van der Waals surface area (Å²) in [6.07, 6.45) is 1.98. The maximum absolute atomic E-state index is 12.6. The van der Waals surface area contributed by atoms with Crippen LogP contribution in [0.5, 0.6) is 5.75 Å². The van der Waals surface area contributed by atoms with Crippen molar-refractivity contribution in [3.05, 3.63) is 54.1 Å². The summed E-state index contributed by atoms with van der Waals surface area (Å²) >= 11 is 0. The summed E-state index contributed by atoms with van der Waals surface area (Å²) in [7, 11) is -3.78. The van der Waals surface area contributed by atoms with Gasteiger partial charge in [-0.25, -0.2) is 8.42 Å². The van der Waals surface area contributed by atoms with E-state index in [2.05, 4.69) is 4.72 Å². The number of rotatable bonds is 6. The fourth-order valence-electron chi connectivity index (χ4n) is 2.90. The molecule has 138 valence electrons. The Morgan fingerprint density at radius 2 is 1.81 bits per heavy atom. The van der Waals surface area contributed by atoms with Crippen LogP contribution in [0.15, 0.2) is 53.4 Å². The van der Waals surface area contributed by atoms with E-state index in [-0.39, 0.29) is 10.8 Å². The molecule has 1 saturated heterocycles. The lowest BCUT2D eigenvalue weighted by molar-refractivity contribution is 0.0792. The molecule has 0 bridgehead atoms. The van der Waals surface area contributed by atoms with Crippen LogP contribution in [0, 0.1) is 0 Å². The van der Waals surface area contributed by atoms with Gasteiger partial charge >= 0.3 is 0 Å². The van der Waals surface area contributed by atoms with Crippen molar-refractivity contribution in [2.75, 3.05) is 24.4 Å². The zero-order chi connectivity index (χ0) is 18.6. The third kappa shape index (κ3) is 4.16. The molecule has 1 fully saturated rings. The smallest absolute Gasteiger partial charge is 0.261 e. The molecule has 1 aliphatic heterocycles. The molecular formula is C19H22N2O4S. The van der Waals surface area contributed by atoms with E-state index in [9.17, 15) is 13.2 Å². The highest BCUT2D eigenvalue weighted by molar-refractivity contribution is 7.92. The van der Waals surface area contributed by atoms with Crippen molar-refractivity contribution >= 4 is 21.6 Å². The van der Waals surface area contributed by atoms with Gasteiger partial charge in [0.1, 0.15) is 5.75 Å². The number of benzene rings is 2. The number of amides is 1. The standard InChI is InChI=1S/C19H22N2O4S/c1-2-25-17-10-8-16(9-11-17)20-26(23,24)18-7-5-6-15(14-18)19(22)21-12-3-4-13-21/h5-11,14,20H,2-4,12-13H2,1H3. The fourth-order valence-corrected chi connectivity index (χ4v) is 4.00. The van der Waals surface area contributed by atoms with Crippen LogP contribution >= 0.6 is 0 Å². The summed E-state index contributed by atoms with van der Waals surface area (Å²) in [5, 5.41) is 0. The van der Waals surface area contributed by atoms with Gasteiger partial charge in [0.05, 0.1) is 11.5 Å². The Morgan fingerprint density at radius 1 is 1.12 bits per heavy atom. The Morgan fingerprint density at radius 3 is 2.46 bits per heavy atom. The first-order valence-corrected chi connectivity index (χ1v) is 10.1. The number of sulfonamides is 1. The number of hydrogen-bond donors (Lipinski definition) is 1. The van der Waals surface area contributed by atoms with E-state index >= 15 is 0 Å². The van der Waals surface area contributed by atoms with Crippen LogP contribution in [-0.4, -0.2) is 38.9 Å². The van der Waals surface area contributed by atoms with Gasteiger partial charge in [-0.15, -0.1) is 0 Å². The number of hydrogen-bond acceptors (Lipinski definition) is 4. The first-order valence-electron chi connectivity index (χ1n) is 8.64. The highest BCUT2D eigenvalue weighted by atomic mass is 32.2. The second-order valence-corrected chi connectivity index (χ2v) is 7.77. The Hall–Kier alpha value is -2.54. The lowest BCUT2D eigenvalue weighted by Gasteiger charge is -2.16. The molecule has 1 N–H and O–H groups in total. The first kappa shape index (κ1) is 18.3. The van der Waals surface area contributed by atoms with Gasteiger partial charge in [-0.3, -0.25) is 9.52 Å². The summed E-state index contributed by atoms with van der Waals surface area (Å²) in [4.78, 5) is 14.3. The second kappa shape index (κ2) is 7.78. The van der Waals surface area contributed by atoms with E-state index in [1.165, 1.54) is 12.1 Å². The molecule has 0 aliphatic carbocycles. The van der Waals surface area contributed by atoms with Crippen molar-refractivity contribution < 1.29 is 17.9 Å². The molecular weight excluding hydrogens is 352 g/mol. The zero-order valence-corrected chi connectivity index (χ0v) is 15.5. The third-order valence-electron chi connectivity index (χ3n) is 4.20. The number of nitrogens with one attached hydrogen (secondary N) is 1.